The molecule has 0 aromatic heterocycles. The van der Waals surface area contributed by atoms with Crippen LogP contribution >= 0.6 is 0 Å². The van der Waals surface area contributed by atoms with E-state index in [0.29, 0.717) is 5.75 Å². The quantitative estimate of drug-likeness (QED) is 0.723. The van der Waals surface area contributed by atoms with Crippen molar-refractivity contribution in [1.29, 1.82) is 0 Å². The highest BCUT2D eigenvalue weighted by Crippen LogP contribution is 2.27. The van der Waals surface area contributed by atoms with Crippen molar-refractivity contribution in [2.24, 2.45) is 0 Å². The molecule has 0 atom stereocenters. The van der Waals surface area contributed by atoms with Crippen molar-refractivity contribution in [3.05, 3.63) is 41.5 Å². The number of rotatable bonds is 1. The van der Waals surface area contributed by atoms with Crippen molar-refractivity contribution >= 4 is 10.8 Å². The van der Waals surface area contributed by atoms with Gasteiger partial charge in [0.2, 0.25) is 0 Å². The number of hydrogen-bond acceptors (Lipinski definition) is 1. The molecular formula is C13H14O. The van der Waals surface area contributed by atoms with Gasteiger partial charge in [0.15, 0.2) is 0 Å². The number of hydrogen-bond donors (Lipinski definition) is 1. The number of aryl methyl sites for hydroxylation is 2. The van der Waals surface area contributed by atoms with E-state index in [-0.39, 0.29) is 0 Å². The molecule has 0 radical (unpaired) electrons. The van der Waals surface area contributed by atoms with Crippen molar-refractivity contribution in [1.82, 2.24) is 0 Å². The fourth-order valence-electron chi connectivity index (χ4n) is 2.01. The summed E-state index contributed by atoms with van der Waals surface area (Å²) >= 11 is 0. The summed E-state index contributed by atoms with van der Waals surface area (Å²) in [5, 5.41) is 11.9. The monoisotopic (exact) mass is 186 g/mol. The summed E-state index contributed by atoms with van der Waals surface area (Å²) in [5.74, 6) is 0.350. The van der Waals surface area contributed by atoms with Gasteiger partial charge in [0, 0.05) is 0 Å². The van der Waals surface area contributed by atoms with E-state index in [4.69, 9.17) is 0 Å². The lowest BCUT2D eigenvalue weighted by Crippen LogP contribution is -1.86. The molecule has 0 aliphatic carbocycles. The second-order valence-corrected chi connectivity index (χ2v) is 3.63. The van der Waals surface area contributed by atoms with Crippen LogP contribution in [0.4, 0.5) is 0 Å². The maximum atomic E-state index is 9.47. The van der Waals surface area contributed by atoms with Crippen LogP contribution in [0.15, 0.2) is 30.3 Å². The Morgan fingerprint density at radius 1 is 1.21 bits per heavy atom. The number of fused-ring (bicyclic) bond motifs is 1. The summed E-state index contributed by atoms with van der Waals surface area (Å²) in [4.78, 5) is 0. The Balaban J connectivity index is 2.87. The SMILES string of the molecule is CCc1cccc2cc(O)cc(C)c12. The minimum absolute atomic E-state index is 0.350. The Kier molecular flexibility index (Phi) is 2.16. The summed E-state index contributed by atoms with van der Waals surface area (Å²) in [6.07, 6.45) is 1.03. The Labute approximate surface area is 84.0 Å². The van der Waals surface area contributed by atoms with Gasteiger partial charge in [-0.05, 0) is 47.4 Å². The molecule has 0 aliphatic heterocycles. The van der Waals surface area contributed by atoms with E-state index in [1.807, 2.05) is 31.2 Å². The molecule has 0 amide bonds. The van der Waals surface area contributed by atoms with Crippen LogP contribution in [0.5, 0.6) is 5.75 Å². The fourth-order valence-corrected chi connectivity index (χ4v) is 2.01. The lowest BCUT2D eigenvalue weighted by molar-refractivity contribution is 0.476. The Bertz CT molecular complexity index is 472. The van der Waals surface area contributed by atoms with Crippen molar-refractivity contribution in [3.63, 3.8) is 0 Å². The molecule has 0 heterocycles. The van der Waals surface area contributed by atoms with Gasteiger partial charge in [-0.2, -0.15) is 0 Å². The number of phenols is 1. The van der Waals surface area contributed by atoms with Gasteiger partial charge in [-0.1, -0.05) is 25.1 Å². The van der Waals surface area contributed by atoms with Gasteiger partial charge in [-0.25, -0.2) is 0 Å². The lowest BCUT2D eigenvalue weighted by atomic mass is 9.98. The Morgan fingerprint density at radius 2 is 2.00 bits per heavy atom. The van der Waals surface area contributed by atoms with Gasteiger partial charge < -0.3 is 5.11 Å². The number of phenolic OH excluding ortho intramolecular Hbond substituents is 1. The second-order valence-electron chi connectivity index (χ2n) is 3.63. The molecule has 0 fully saturated rings. The zero-order valence-corrected chi connectivity index (χ0v) is 8.54. The molecule has 2 aromatic rings. The molecule has 0 aliphatic rings. The van der Waals surface area contributed by atoms with E-state index < -0.39 is 0 Å². The average molecular weight is 186 g/mol. The van der Waals surface area contributed by atoms with E-state index >= 15 is 0 Å². The zero-order valence-electron chi connectivity index (χ0n) is 8.54. The van der Waals surface area contributed by atoms with Gasteiger partial charge in [-0.3, -0.25) is 0 Å². The topological polar surface area (TPSA) is 20.2 Å². The predicted molar refractivity (Wildman–Crippen MR) is 59.7 cm³/mol. The number of aromatic hydroxyl groups is 1. The van der Waals surface area contributed by atoms with E-state index in [1.54, 1.807) is 0 Å². The molecule has 1 heteroatoms. The predicted octanol–water partition coefficient (Wildman–Crippen LogP) is 3.42. The normalized spacial score (nSPS) is 10.7. The van der Waals surface area contributed by atoms with E-state index in [1.165, 1.54) is 10.9 Å². The molecular weight excluding hydrogens is 172 g/mol. The average Bonchev–Trinajstić information content (AvgIpc) is 2.16. The third-order valence-electron chi connectivity index (χ3n) is 2.63. The summed E-state index contributed by atoms with van der Waals surface area (Å²) in [5.41, 5.74) is 2.50. The van der Waals surface area contributed by atoms with Crippen LogP contribution in [0.2, 0.25) is 0 Å². The molecule has 2 rings (SSSR count). The van der Waals surface area contributed by atoms with E-state index in [0.717, 1.165) is 17.4 Å². The van der Waals surface area contributed by atoms with Gasteiger partial charge in [0.25, 0.3) is 0 Å². The molecule has 1 nitrogen and oxygen atoms in total. The highest BCUT2D eigenvalue weighted by atomic mass is 16.3. The minimum Gasteiger partial charge on any atom is -0.508 e. The maximum absolute atomic E-state index is 9.47. The van der Waals surface area contributed by atoms with E-state index in [9.17, 15) is 5.11 Å². The molecule has 1 N–H and O–H groups in total. The highest BCUT2D eigenvalue weighted by molar-refractivity contribution is 5.89. The van der Waals surface area contributed by atoms with Crippen molar-refractivity contribution in [2.75, 3.05) is 0 Å². The first-order valence-corrected chi connectivity index (χ1v) is 4.93. The highest BCUT2D eigenvalue weighted by Gasteiger charge is 2.03. The van der Waals surface area contributed by atoms with Crippen LogP contribution in [0, 0.1) is 6.92 Å². The maximum Gasteiger partial charge on any atom is 0.116 e. The minimum atomic E-state index is 0.350. The molecule has 0 spiro atoms. The summed E-state index contributed by atoms with van der Waals surface area (Å²) < 4.78 is 0. The summed E-state index contributed by atoms with van der Waals surface area (Å²) in [7, 11) is 0. The summed E-state index contributed by atoms with van der Waals surface area (Å²) in [6, 6.07) is 9.87. The largest absolute Gasteiger partial charge is 0.508 e. The standard InChI is InChI=1S/C13H14O/c1-3-10-5-4-6-11-8-12(14)7-9(2)13(10)11/h4-8,14H,3H2,1-2H3. The second kappa shape index (κ2) is 3.33. The Hall–Kier alpha value is -1.50. The first-order valence-electron chi connectivity index (χ1n) is 4.93. The van der Waals surface area contributed by atoms with Crippen LogP contribution in [0.3, 0.4) is 0 Å². The van der Waals surface area contributed by atoms with Crippen LogP contribution in [0.1, 0.15) is 18.1 Å². The molecule has 2 aromatic carbocycles. The fraction of sp³-hybridized carbons (Fsp3) is 0.231. The molecule has 14 heavy (non-hydrogen) atoms. The van der Waals surface area contributed by atoms with Gasteiger partial charge in [-0.15, -0.1) is 0 Å². The molecule has 0 bridgehead atoms. The Morgan fingerprint density at radius 3 is 2.71 bits per heavy atom. The van der Waals surface area contributed by atoms with Crippen LogP contribution in [-0.4, -0.2) is 5.11 Å². The molecule has 0 saturated heterocycles. The molecule has 0 saturated carbocycles. The van der Waals surface area contributed by atoms with Crippen LogP contribution < -0.4 is 0 Å². The van der Waals surface area contributed by atoms with Crippen LogP contribution in [0.25, 0.3) is 10.8 Å². The lowest BCUT2D eigenvalue weighted by Gasteiger charge is -2.08. The first-order chi connectivity index (χ1) is 6.72. The van der Waals surface area contributed by atoms with Gasteiger partial charge in [0.05, 0.1) is 0 Å². The van der Waals surface area contributed by atoms with Gasteiger partial charge >= 0.3 is 0 Å². The van der Waals surface area contributed by atoms with Crippen LogP contribution in [-0.2, 0) is 6.42 Å². The van der Waals surface area contributed by atoms with E-state index in [2.05, 4.69) is 13.0 Å². The van der Waals surface area contributed by atoms with Crippen molar-refractivity contribution < 1.29 is 5.11 Å². The third kappa shape index (κ3) is 1.35. The zero-order chi connectivity index (χ0) is 10.1. The van der Waals surface area contributed by atoms with Crippen molar-refractivity contribution in [2.45, 2.75) is 20.3 Å². The molecule has 0 unspecified atom stereocenters. The van der Waals surface area contributed by atoms with Crippen molar-refractivity contribution in [3.8, 4) is 5.75 Å². The smallest absolute Gasteiger partial charge is 0.116 e. The summed E-state index contributed by atoms with van der Waals surface area (Å²) in [6.45, 7) is 4.20. The third-order valence-corrected chi connectivity index (χ3v) is 2.63. The molecule has 72 valence electrons. The first kappa shape index (κ1) is 9.07. The number of benzene rings is 2. The van der Waals surface area contributed by atoms with Gasteiger partial charge in [0.1, 0.15) is 5.75 Å².